The molecule has 0 aromatic carbocycles. The second-order valence-electron chi connectivity index (χ2n) is 3.38. The van der Waals surface area contributed by atoms with E-state index in [0.717, 1.165) is 0 Å². The molecule has 0 amide bonds. The average Bonchev–Trinajstić information content (AvgIpc) is 2.02. The number of alkyl halides is 1. The van der Waals surface area contributed by atoms with Gasteiger partial charge >= 0.3 is 0 Å². The Morgan fingerprint density at radius 1 is 1.46 bits per heavy atom. The van der Waals surface area contributed by atoms with Crippen molar-refractivity contribution in [2.75, 3.05) is 0 Å². The van der Waals surface area contributed by atoms with Crippen molar-refractivity contribution in [2.45, 2.75) is 23.9 Å². The highest BCUT2D eigenvalue weighted by atomic mass is 79.9. The summed E-state index contributed by atoms with van der Waals surface area (Å²) in [5.41, 5.74) is -0.961. The Morgan fingerprint density at radius 2 is 2.15 bits per heavy atom. The molecule has 1 unspecified atom stereocenters. The SMILES string of the molecule is CC(C)(O)C#CC1(Br)C=CC=CN1. The third kappa shape index (κ3) is 3.67. The Bertz CT molecular complexity index is 303. The van der Waals surface area contributed by atoms with E-state index >= 15 is 0 Å². The number of hydrogen-bond donors (Lipinski definition) is 2. The first kappa shape index (κ1) is 10.4. The van der Waals surface area contributed by atoms with Gasteiger partial charge in [0.05, 0.1) is 0 Å². The molecule has 0 aromatic rings. The van der Waals surface area contributed by atoms with Crippen molar-refractivity contribution in [1.29, 1.82) is 0 Å². The zero-order valence-electron chi connectivity index (χ0n) is 7.63. The van der Waals surface area contributed by atoms with Crippen LogP contribution in [0.3, 0.4) is 0 Å². The van der Waals surface area contributed by atoms with Crippen LogP contribution in [0.2, 0.25) is 0 Å². The highest BCUT2D eigenvalue weighted by Crippen LogP contribution is 2.18. The molecule has 0 spiro atoms. The molecule has 13 heavy (non-hydrogen) atoms. The summed E-state index contributed by atoms with van der Waals surface area (Å²) in [6, 6.07) is 0. The van der Waals surface area contributed by atoms with Gasteiger partial charge in [0, 0.05) is 0 Å². The lowest BCUT2D eigenvalue weighted by atomic mass is 10.1. The third-order valence-electron chi connectivity index (χ3n) is 1.38. The Hall–Kier alpha value is -0.720. The molecule has 0 aliphatic carbocycles. The molecule has 0 saturated carbocycles. The van der Waals surface area contributed by atoms with Crippen LogP contribution in [0.5, 0.6) is 0 Å². The molecule has 0 radical (unpaired) electrons. The van der Waals surface area contributed by atoms with E-state index in [0.29, 0.717) is 0 Å². The Morgan fingerprint density at radius 3 is 2.62 bits per heavy atom. The van der Waals surface area contributed by atoms with Gasteiger partial charge < -0.3 is 10.4 Å². The first-order valence-corrected chi connectivity index (χ1v) is 4.78. The molecule has 0 bridgehead atoms. The Labute approximate surface area is 86.8 Å². The lowest BCUT2D eigenvalue weighted by Gasteiger charge is -2.20. The number of rotatable bonds is 0. The molecule has 0 saturated heterocycles. The van der Waals surface area contributed by atoms with Crippen molar-refractivity contribution in [2.24, 2.45) is 0 Å². The van der Waals surface area contributed by atoms with Crippen molar-refractivity contribution < 1.29 is 5.11 Å². The molecule has 1 atom stereocenters. The minimum Gasteiger partial charge on any atom is -0.378 e. The zero-order chi connectivity index (χ0) is 9.95. The fourth-order valence-corrected chi connectivity index (χ4v) is 1.17. The molecule has 1 aliphatic heterocycles. The summed E-state index contributed by atoms with van der Waals surface area (Å²) in [5, 5.41) is 12.4. The van der Waals surface area contributed by atoms with E-state index in [9.17, 15) is 5.11 Å². The summed E-state index contributed by atoms with van der Waals surface area (Å²) in [4.78, 5) is 0. The largest absolute Gasteiger partial charge is 0.378 e. The highest BCUT2D eigenvalue weighted by Gasteiger charge is 2.20. The van der Waals surface area contributed by atoms with E-state index in [-0.39, 0.29) is 0 Å². The Balaban J connectivity index is 2.77. The first-order valence-electron chi connectivity index (χ1n) is 3.99. The topological polar surface area (TPSA) is 32.3 Å². The van der Waals surface area contributed by atoms with E-state index in [1.54, 1.807) is 20.0 Å². The van der Waals surface area contributed by atoms with Gasteiger partial charge in [0.1, 0.15) is 5.60 Å². The van der Waals surface area contributed by atoms with Crippen molar-refractivity contribution >= 4 is 15.9 Å². The number of hydrogen-bond acceptors (Lipinski definition) is 2. The summed E-state index contributed by atoms with van der Waals surface area (Å²) in [5.74, 6) is 5.65. The van der Waals surface area contributed by atoms with Crippen LogP contribution in [0.1, 0.15) is 13.8 Å². The second-order valence-corrected chi connectivity index (χ2v) is 4.63. The molecule has 1 heterocycles. The highest BCUT2D eigenvalue weighted by molar-refractivity contribution is 9.10. The smallest absolute Gasteiger partial charge is 0.174 e. The molecular formula is C10H12BrNO. The standard InChI is InChI=1S/C10H12BrNO/c1-9(2,13)6-7-10(11)5-3-4-8-12-10/h3-5,8,12-13H,1-2H3. The van der Waals surface area contributed by atoms with Crippen molar-refractivity contribution in [1.82, 2.24) is 5.32 Å². The van der Waals surface area contributed by atoms with Crippen molar-refractivity contribution in [3.05, 3.63) is 24.4 Å². The van der Waals surface area contributed by atoms with Gasteiger partial charge in [0.15, 0.2) is 4.45 Å². The lowest BCUT2D eigenvalue weighted by Crippen LogP contribution is -2.33. The van der Waals surface area contributed by atoms with E-state index in [4.69, 9.17) is 0 Å². The molecule has 0 aromatic heterocycles. The van der Waals surface area contributed by atoms with E-state index in [1.165, 1.54) is 0 Å². The van der Waals surface area contributed by atoms with Crippen LogP contribution in [0.15, 0.2) is 24.4 Å². The number of allylic oxidation sites excluding steroid dienone is 2. The van der Waals surface area contributed by atoms with Gasteiger partial charge in [-0.15, -0.1) is 0 Å². The summed E-state index contributed by atoms with van der Waals surface area (Å²) in [6.07, 6.45) is 7.45. The second kappa shape index (κ2) is 3.57. The van der Waals surface area contributed by atoms with Gasteiger partial charge in [-0.25, -0.2) is 0 Å². The molecule has 3 heteroatoms. The van der Waals surface area contributed by atoms with Crippen molar-refractivity contribution in [3.8, 4) is 11.8 Å². The number of halogens is 1. The maximum absolute atomic E-state index is 9.40. The van der Waals surface area contributed by atoms with Gasteiger partial charge in [-0.2, -0.15) is 0 Å². The van der Waals surface area contributed by atoms with Gasteiger partial charge in [0.25, 0.3) is 0 Å². The Kier molecular flexibility index (Phi) is 2.84. The van der Waals surface area contributed by atoms with E-state index < -0.39 is 10.0 Å². The molecule has 1 rings (SSSR count). The van der Waals surface area contributed by atoms with Gasteiger partial charge in [-0.1, -0.05) is 17.9 Å². The van der Waals surface area contributed by atoms with Gasteiger partial charge in [0.2, 0.25) is 0 Å². The van der Waals surface area contributed by atoms with Crippen LogP contribution >= 0.6 is 15.9 Å². The predicted molar refractivity (Wildman–Crippen MR) is 57.1 cm³/mol. The summed E-state index contributed by atoms with van der Waals surface area (Å²) in [6.45, 7) is 3.30. The van der Waals surface area contributed by atoms with Crippen molar-refractivity contribution in [3.63, 3.8) is 0 Å². The lowest BCUT2D eigenvalue weighted by molar-refractivity contribution is 0.143. The van der Waals surface area contributed by atoms with Crippen LogP contribution in [-0.4, -0.2) is 15.2 Å². The fraction of sp³-hybridized carbons (Fsp3) is 0.400. The molecule has 1 aliphatic rings. The monoisotopic (exact) mass is 241 g/mol. The predicted octanol–water partition coefficient (Wildman–Crippen LogP) is 1.52. The van der Waals surface area contributed by atoms with Gasteiger partial charge in [-0.05, 0) is 48.1 Å². The normalized spacial score (nSPS) is 26.2. The number of dihydropyridines is 1. The third-order valence-corrected chi connectivity index (χ3v) is 2.07. The first-order chi connectivity index (χ1) is 5.91. The minimum absolute atomic E-state index is 0.540. The van der Waals surface area contributed by atoms with Crippen LogP contribution < -0.4 is 5.32 Å². The van der Waals surface area contributed by atoms with Crippen LogP contribution in [0.25, 0.3) is 0 Å². The minimum atomic E-state index is -0.961. The van der Waals surface area contributed by atoms with E-state index in [2.05, 4.69) is 33.1 Å². The van der Waals surface area contributed by atoms with Crippen LogP contribution in [0, 0.1) is 11.8 Å². The molecule has 2 N–H and O–H groups in total. The average molecular weight is 242 g/mol. The quantitative estimate of drug-likeness (QED) is 0.383. The molecule has 2 nitrogen and oxygen atoms in total. The zero-order valence-corrected chi connectivity index (χ0v) is 9.22. The number of nitrogens with one attached hydrogen (secondary N) is 1. The van der Waals surface area contributed by atoms with Crippen LogP contribution in [0.4, 0.5) is 0 Å². The molecule has 0 fully saturated rings. The summed E-state index contributed by atoms with van der Waals surface area (Å²) in [7, 11) is 0. The van der Waals surface area contributed by atoms with Gasteiger partial charge in [-0.3, -0.25) is 0 Å². The number of aliphatic hydroxyl groups is 1. The maximum Gasteiger partial charge on any atom is 0.174 e. The van der Waals surface area contributed by atoms with Crippen LogP contribution in [-0.2, 0) is 0 Å². The molecule has 70 valence electrons. The van der Waals surface area contributed by atoms with E-state index in [1.807, 2.05) is 18.2 Å². The summed E-state index contributed by atoms with van der Waals surface area (Å²) >= 11 is 3.41. The molecular weight excluding hydrogens is 230 g/mol. The fourth-order valence-electron chi connectivity index (χ4n) is 0.783. The summed E-state index contributed by atoms with van der Waals surface area (Å²) < 4.78 is -0.540. The maximum atomic E-state index is 9.40.